The molecule has 1 heterocycles. The van der Waals surface area contributed by atoms with E-state index >= 15 is 0 Å². The number of hydrogen-bond donors (Lipinski definition) is 0. The van der Waals surface area contributed by atoms with E-state index in [1.165, 1.54) is 5.56 Å². The van der Waals surface area contributed by atoms with Crippen molar-refractivity contribution in [1.82, 2.24) is 4.98 Å². The molecule has 0 fully saturated rings. The number of nitrogens with zero attached hydrogens (tertiary/aromatic N) is 1. The van der Waals surface area contributed by atoms with Gasteiger partial charge in [0.15, 0.2) is 5.78 Å². The van der Waals surface area contributed by atoms with Gasteiger partial charge in [0, 0.05) is 22.1 Å². The lowest BCUT2D eigenvalue weighted by Gasteiger charge is -2.12. The largest absolute Gasteiger partial charge is 0.288 e. The van der Waals surface area contributed by atoms with Crippen LogP contribution in [0.2, 0.25) is 0 Å². The third-order valence-corrected chi connectivity index (χ3v) is 5.13. The van der Waals surface area contributed by atoms with Gasteiger partial charge in [0.2, 0.25) is 0 Å². The van der Waals surface area contributed by atoms with Crippen LogP contribution in [0.25, 0.3) is 33.3 Å². The lowest BCUT2D eigenvalue weighted by molar-refractivity contribution is 0.104. The Morgan fingerprint density at radius 3 is 2.19 bits per heavy atom. The third kappa shape index (κ3) is 2.05. The van der Waals surface area contributed by atoms with Crippen molar-refractivity contribution in [3.05, 3.63) is 89.0 Å². The Morgan fingerprint density at radius 2 is 1.42 bits per heavy atom. The Morgan fingerprint density at radius 1 is 0.731 bits per heavy atom. The van der Waals surface area contributed by atoms with Crippen LogP contribution >= 0.6 is 0 Å². The molecule has 1 aliphatic carbocycles. The van der Waals surface area contributed by atoms with E-state index in [9.17, 15) is 4.79 Å². The number of carbonyl (C=O) groups is 1. The number of ketones is 1. The summed E-state index contributed by atoms with van der Waals surface area (Å²) in [5, 5.41) is 1.04. The molecule has 3 aromatic carbocycles. The average molecular weight is 335 g/mol. The van der Waals surface area contributed by atoms with Crippen molar-refractivity contribution in [2.75, 3.05) is 0 Å². The average Bonchev–Trinajstić information content (AvgIpc) is 2.95. The standard InChI is InChI=1S/C24H17NO/c1-14-7-10-16(11-8-14)23-22-21(17-5-3-4-6-18(17)24(22)26)19-12-9-15(2)13-20(19)25-23/h3-13H,1-2H3. The second-order valence-corrected chi connectivity index (χ2v) is 6.97. The third-order valence-electron chi connectivity index (χ3n) is 5.13. The zero-order chi connectivity index (χ0) is 17.8. The fraction of sp³-hybridized carbons (Fsp3) is 0.0833. The van der Waals surface area contributed by atoms with E-state index in [4.69, 9.17) is 4.98 Å². The zero-order valence-electron chi connectivity index (χ0n) is 14.7. The van der Waals surface area contributed by atoms with Crippen LogP contribution in [0, 0.1) is 13.8 Å². The summed E-state index contributed by atoms with van der Waals surface area (Å²) < 4.78 is 0. The lowest BCUT2D eigenvalue weighted by atomic mass is 9.95. The molecule has 0 atom stereocenters. The summed E-state index contributed by atoms with van der Waals surface area (Å²) in [4.78, 5) is 18.1. The van der Waals surface area contributed by atoms with Crippen molar-refractivity contribution >= 4 is 16.7 Å². The molecule has 5 rings (SSSR count). The van der Waals surface area contributed by atoms with Gasteiger partial charge in [0.1, 0.15) is 0 Å². The van der Waals surface area contributed by atoms with Gasteiger partial charge in [-0.1, -0.05) is 66.2 Å². The van der Waals surface area contributed by atoms with Gasteiger partial charge in [0.05, 0.1) is 16.8 Å². The number of fused-ring (bicyclic) bond motifs is 5. The Bertz CT molecular complexity index is 1200. The maximum Gasteiger partial charge on any atom is 0.196 e. The molecule has 0 saturated heterocycles. The van der Waals surface area contributed by atoms with Crippen LogP contribution in [-0.4, -0.2) is 10.8 Å². The first-order chi connectivity index (χ1) is 12.6. The van der Waals surface area contributed by atoms with E-state index in [-0.39, 0.29) is 5.78 Å². The van der Waals surface area contributed by atoms with Crippen LogP contribution in [-0.2, 0) is 0 Å². The Labute approximate surface area is 152 Å². The molecule has 0 bridgehead atoms. The molecule has 0 saturated carbocycles. The van der Waals surface area contributed by atoms with Crippen molar-refractivity contribution in [3.63, 3.8) is 0 Å². The molecule has 2 nitrogen and oxygen atoms in total. The highest BCUT2D eigenvalue weighted by molar-refractivity contribution is 6.28. The van der Waals surface area contributed by atoms with Crippen LogP contribution in [0.5, 0.6) is 0 Å². The van der Waals surface area contributed by atoms with Crippen molar-refractivity contribution in [3.8, 4) is 22.4 Å². The van der Waals surface area contributed by atoms with E-state index in [1.807, 2.05) is 24.3 Å². The summed E-state index contributed by atoms with van der Waals surface area (Å²) in [6, 6.07) is 22.4. The van der Waals surface area contributed by atoms with Crippen LogP contribution in [0.3, 0.4) is 0 Å². The fourth-order valence-electron chi connectivity index (χ4n) is 3.83. The maximum atomic E-state index is 13.2. The zero-order valence-corrected chi connectivity index (χ0v) is 14.7. The van der Waals surface area contributed by atoms with E-state index < -0.39 is 0 Å². The van der Waals surface area contributed by atoms with Crippen LogP contribution in [0.1, 0.15) is 27.0 Å². The number of aryl methyl sites for hydroxylation is 2. The number of benzene rings is 3. The number of hydrogen-bond acceptors (Lipinski definition) is 2. The molecular formula is C24H17NO. The number of carbonyl (C=O) groups excluding carboxylic acids is 1. The summed E-state index contributed by atoms with van der Waals surface area (Å²) >= 11 is 0. The maximum absolute atomic E-state index is 13.2. The van der Waals surface area contributed by atoms with Crippen molar-refractivity contribution in [2.24, 2.45) is 0 Å². The molecule has 0 amide bonds. The van der Waals surface area contributed by atoms with Gasteiger partial charge in [-0.25, -0.2) is 4.98 Å². The summed E-state index contributed by atoms with van der Waals surface area (Å²) in [5.41, 5.74) is 8.58. The second kappa shape index (κ2) is 5.37. The smallest absolute Gasteiger partial charge is 0.196 e. The van der Waals surface area contributed by atoms with E-state index in [2.05, 4.69) is 56.3 Å². The van der Waals surface area contributed by atoms with Gasteiger partial charge in [-0.2, -0.15) is 0 Å². The molecule has 0 radical (unpaired) electrons. The first-order valence-electron chi connectivity index (χ1n) is 8.79. The van der Waals surface area contributed by atoms with Crippen LogP contribution in [0.15, 0.2) is 66.7 Å². The summed E-state index contributed by atoms with van der Waals surface area (Å²) in [6.45, 7) is 4.13. The summed E-state index contributed by atoms with van der Waals surface area (Å²) in [7, 11) is 0. The summed E-state index contributed by atoms with van der Waals surface area (Å²) in [6.07, 6.45) is 0. The minimum absolute atomic E-state index is 0.0705. The Balaban J connectivity index is 1.94. The normalized spacial score (nSPS) is 12.3. The molecule has 26 heavy (non-hydrogen) atoms. The number of pyridine rings is 1. The van der Waals surface area contributed by atoms with Gasteiger partial charge in [-0.3, -0.25) is 4.79 Å². The van der Waals surface area contributed by atoms with Crippen LogP contribution in [0.4, 0.5) is 0 Å². The minimum Gasteiger partial charge on any atom is -0.288 e. The van der Waals surface area contributed by atoms with Crippen LogP contribution < -0.4 is 0 Å². The molecule has 124 valence electrons. The molecule has 2 heteroatoms. The van der Waals surface area contributed by atoms with E-state index in [0.29, 0.717) is 0 Å². The Hall–Kier alpha value is -3.26. The molecule has 1 aliphatic rings. The lowest BCUT2D eigenvalue weighted by Crippen LogP contribution is -2.01. The predicted octanol–water partition coefficient (Wildman–Crippen LogP) is 5.73. The van der Waals surface area contributed by atoms with Crippen molar-refractivity contribution in [1.29, 1.82) is 0 Å². The van der Waals surface area contributed by atoms with Gasteiger partial charge in [-0.15, -0.1) is 0 Å². The van der Waals surface area contributed by atoms with Gasteiger partial charge in [0.25, 0.3) is 0 Å². The molecule has 0 aliphatic heterocycles. The highest BCUT2D eigenvalue weighted by atomic mass is 16.1. The Kier molecular flexibility index (Phi) is 3.10. The van der Waals surface area contributed by atoms with Gasteiger partial charge < -0.3 is 0 Å². The van der Waals surface area contributed by atoms with Gasteiger partial charge >= 0.3 is 0 Å². The fourth-order valence-corrected chi connectivity index (χ4v) is 3.83. The highest BCUT2D eigenvalue weighted by Crippen LogP contribution is 2.44. The number of aromatic nitrogens is 1. The molecule has 0 unspecified atom stereocenters. The minimum atomic E-state index is 0.0705. The summed E-state index contributed by atoms with van der Waals surface area (Å²) in [5.74, 6) is 0.0705. The number of rotatable bonds is 1. The van der Waals surface area contributed by atoms with E-state index in [1.54, 1.807) is 0 Å². The molecular weight excluding hydrogens is 318 g/mol. The van der Waals surface area contributed by atoms with Crippen molar-refractivity contribution < 1.29 is 4.79 Å². The molecule has 0 spiro atoms. The first-order valence-corrected chi connectivity index (χ1v) is 8.79. The predicted molar refractivity (Wildman–Crippen MR) is 106 cm³/mol. The SMILES string of the molecule is Cc1ccc(-c2nc3cc(C)ccc3c3c2C(=O)c2ccccc2-3)cc1. The molecule has 0 N–H and O–H groups in total. The molecule has 4 aromatic rings. The van der Waals surface area contributed by atoms with Crippen molar-refractivity contribution in [2.45, 2.75) is 13.8 Å². The quantitative estimate of drug-likeness (QED) is 0.391. The molecule has 1 aromatic heterocycles. The van der Waals surface area contributed by atoms with E-state index in [0.717, 1.165) is 50.0 Å². The monoisotopic (exact) mass is 335 g/mol. The van der Waals surface area contributed by atoms with Gasteiger partial charge in [-0.05, 0) is 31.0 Å². The highest BCUT2D eigenvalue weighted by Gasteiger charge is 2.32. The first kappa shape index (κ1) is 15.0. The second-order valence-electron chi connectivity index (χ2n) is 6.97. The topological polar surface area (TPSA) is 30.0 Å².